The van der Waals surface area contributed by atoms with Gasteiger partial charge in [-0.3, -0.25) is 4.79 Å². The summed E-state index contributed by atoms with van der Waals surface area (Å²) in [6.07, 6.45) is 1.55. The first-order chi connectivity index (χ1) is 9.73. The molecule has 1 N–H and O–H groups in total. The summed E-state index contributed by atoms with van der Waals surface area (Å²) in [5.74, 6) is -0.342. The number of carboxylic acids is 1. The minimum atomic E-state index is -3.22. The Morgan fingerprint density at radius 3 is 2.24 bits per heavy atom. The molecule has 3 unspecified atom stereocenters. The fourth-order valence-corrected chi connectivity index (χ4v) is 3.80. The molecule has 1 aromatic carbocycles. The molecule has 0 aromatic heterocycles. The molecule has 1 aliphatic carbocycles. The van der Waals surface area contributed by atoms with E-state index in [1.165, 1.54) is 0 Å². The summed E-state index contributed by atoms with van der Waals surface area (Å²) in [5, 5.41) is 8.52. The molecule has 2 rings (SSSR count). The maximum atomic E-state index is 12.0. The molecule has 0 spiro atoms. The van der Waals surface area contributed by atoms with Crippen LogP contribution in [0.3, 0.4) is 0 Å². The van der Waals surface area contributed by atoms with Crippen molar-refractivity contribution in [3.63, 3.8) is 0 Å². The summed E-state index contributed by atoms with van der Waals surface area (Å²) in [4.78, 5) is 11.2. The molecule has 1 fully saturated rings. The average Bonchev–Trinajstić information content (AvgIpc) is 3.19. The van der Waals surface area contributed by atoms with Gasteiger partial charge in [-0.25, -0.2) is 8.42 Å². The molecule has 0 aliphatic heterocycles. The second kappa shape index (κ2) is 5.79. The number of hydrogen-bond acceptors (Lipinski definition) is 3. The lowest BCUT2D eigenvalue weighted by Gasteiger charge is -2.12. The van der Waals surface area contributed by atoms with Crippen LogP contribution in [0.4, 0.5) is 0 Å². The molecule has 0 amide bonds. The Labute approximate surface area is 126 Å². The van der Waals surface area contributed by atoms with Crippen molar-refractivity contribution < 1.29 is 18.3 Å². The fourth-order valence-electron chi connectivity index (χ4n) is 2.74. The number of aliphatic carboxylic acids is 1. The summed E-state index contributed by atoms with van der Waals surface area (Å²) >= 11 is 0. The minimum Gasteiger partial charge on any atom is -0.481 e. The smallest absolute Gasteiger partial charge is 0.306 e. The molecule has 0 heterocycles. The molecule has 1 aliphatic rings. The molecule has 21 heavy (non-hydrogen) atoms. The van der Waals surface area contributed by atoms with Crippen LogP contribution in [0.1, 0.15) is 32.8 Å². The van der Waals surface area contributed by atoms with Crippen molar-refractivity contribution in [2.24, 2.45) is 17.8 Å². The number of hydrogen-bond donors (Lipinski definition) is 1. The monoisotopic (exact) mass is 310 g/mol. The van der Waals surface area contributed by atoms with Gasteiger partial charge in [-0.1, -0.05) is 19.1 Å². The number of carbonyl (C=O) groups is 1. The molecule has 1 saturated carbocycles. The molecular weight excluding hydrogens is 288 g/mol. The molecule has 5 heteroatoms. The Balaban J connectivity index is 2.02. The van der Waals surface area contributed by atoms with Crippen LogP contribution in [0.2, 0.25) is 0 Å². The van der Waals surface area contributed by atoms with E-state index in [9.17, 15) is 13.2 Å². The van der Waals surface area contributed by atoms with Crippen molar-refractivity contribution in [3.8, 4) is 0 Å². The lowest BCUT2D eigenvalue weighted by Crippen LogP contribution is -2.14. The van der Waals surface area contributed by atoms with Gasteiger partial charge in [-0.2, -0.15) is 0 Å². The summed E-state index contributed by atoms with van der Waals surface area (Å²) in [5.41, 5.74) is 1.06. The second-order valence-corrected chi connectivity index (χ2v) is 8.77. The molecule has 3 atom stereocenters. The van der Waals surface area contributed by atoms with Crippen LogP contribution in [0.25, 0.3) is 0 Å². The zero-order valence-electron chi connectivity index (χ0n) is 12.6. The highest BCUT2D eigenvalue weighted by molar-refractivity contribution is 7.92. The molecular formula is C16H22O4S. The quantitative estimate of drug-likeness (QED) is 0.877. The highest BCUT2D eigenvalue weighted by Gasteiger charge is 2.45. The van der Waals surface area contributed by atoms with Gasteiger partial charge in [0.2, 0.25) is 0 Å². The van der Waals surface area contributed by atoms with E-state index in [0.29, 0.717) is 10.8 Å². The fraction of sp³-hybridized carbons (Fsp3) is 0.562. The van der Waals surface area contributed by atoms with Crippen LogP contribution in [0, 0.1) is 17.8 Å². The van der Waals surface area contributed by atoms with Crippen molar-refractivity contribution in [3.05, 3.63) is 29.8 Å². The number of sulfone groups is 1. The van der Waals surface area contributed by atoms with E-state index in [1.54, 1.807) is 26.0 Å². The van der Waals surface area contributed by atoms with Crippen LogP contribution in [-0.4, -0.2) is 24.7 Å². The van der Waals surface area contributed by atoms with E-state index in [2.05, 4.69) is 6.92 Å². The Morgan fingerprint density at radius 1 is 1.24 bits per heavy atom. The average molecular weight is 310 g/mol. The first kappa shape index (κ1) is 16.0. The maximum absolute atomic E-state index is 12.0. The van der Waals surface area contributed by atoms with Crippen molar-refractivity contribution in [2.45, 2.75) is 43.8 Å². The summed E-state index contributed by atoms with van der Waals surface area (Å²) in [6.45, 7) is 5.40. The number of rotatable bonds is 6. The van der Waals surface area contributed by atoms with E-state index in [-0.39, 0.29) is 11.8 Å². The van der Waals surface area contributed by atoms with Gasteiger partial charge in [0.15, 0.2) is 9.84 Å². The summed E-state index contributed by atoms with van der Waals surface area (Å²) in [6, 6.07) is 6.98. The van der Waals surface area contributed by atoms with Crippen molar-refractivity contribution >= 4 is 15.8 Å². The van der Waals surface area contributed by atoms with Crippen LogP contribution < -0.4 is 0 Å². The van der Waals surface area contributed by atoms with Gasteiger partial charge < -0.3 is 5.11 Å². The van der Waals surface area contributed by atoms with Gasteiger partial charge in [0, 0.05) is 0 Å². The van der Waals surface area contributed by atoms with Crippen LogP contribution >= 0.6 is 0 Å². The Kier molecular flexibility index (Phi) is 4.42. The van der Waals surface area contributed by atoms with Crippen LogP contribution in [0.5, 0.6) is 0 Å². The Bertz CT molecular complexity index is 616. The predicted molar refractivity (Wildman–Crippen MR) is 80.9 cm³/mol. The Morgan fingerprint density at radius 2 is 1.81 bits per heavy atom. The first-order valence-electron chi connectivity index (χ1n) is 7.29. The standard InChI is InChI=1S/C16H22O4S/c1-10(2)21(19,20)13-6-4-12(5-7-13)8-11(3)14-9-15(14)16(17)18/h4-7,10-11,14-15H,8-9H2,1-3H3,(H,17,18). The highest BCUT2D eigenvalue weighted by atomic mass is 32.2. The molecule has 116 valence electrons. The third-order valence-corrected chi connectivity index (χ3v) is 6.49. The van der Waals surface area contributed by atoms with Gasteiger partial charge in [-0.15, -0.1) is 0 Å². The normalized spacial score (nSPS) is 23.0. The minimum absolute atomic E-state index is 0.194. The third-order valence-electron chi connectivity index (χ3n) is 4.32. The van der Waals surface area contributed by atoms with Crippen molar-refractivity contribution in [1.82, 2.24) is 0 Å². The first-order valence-corrected chi connectivity index (χ1v) is 8.83. The van der Waals surface area contributed by atoms with E-state index in [1.807, 2.05) is 12.1 Å². The summed E-state index contributed by atoms with van der Waals surface area (Å²) in [7, 11) is -3.22. The zero-order valence-corrected chi connectivity index (χ0v) is 13.4. The SMILES string of the molecule is CC(Cc1ccc(S(=O)(=O)C(C)C)cc1)C1CC1C(=O)O. The van der Waals surface area contributed by atoms with E-state index in [4.69, 9.17) is 5.11 Å². The zero-order chi connectivity index (χ0) is 15.8. The largest absolute Gasteiger partial charge is 0.481 e. The van der Waals surface area contributed by atoms with E-state index in [0.717, 1.165) is 18.4 Å². The number of benzene rings is 1. The lowest BCUT2D eigenvalue weighted by atomic mass is 9.95. The molecule has 0 radical (unpaired) electrons. The highest BCUT2D eigenvalue weighted by Crippen LogP contribution is 2.45. The molecule has 1 aromatic rings. The predicted octanol–water partition coefficient (Wildman–Crippen LogP) is 2.77. The van der Waals surface area contributed by atoms with Gasteiger partial charge in [-0.05, 0) is 56.2 Å². The second-order valence-electron chi connectivity index (χ2n) is 6.26. The van der Waals surface area contributed by atoms with Crippen LogP contribution in [0.15, 0.2) is 29.2 Å². The topological polar surface area (TPSA) is 71.4 Å². The van der Waals surface area contributed by atoms with Crippen molar-refractivity contribution in [2.75, 3.05) is 0 Å². The maximum Gasteiger partial charge on any atom is 0.306 e. The Hall–Kier alpha value is -1.36. The number of carboxylic acid groups (broad SMARTS) is 1. The molecule has 4 nitrogen and oxygen atoms in total. The van der Waals surface area contributed by atoms with E-state index < -0.39 is 21.1 Å². The molecule has 0 saturated heterocycles. The van der Waals surface area contributed by atoms with Crippen molar-refractivity contribution in [1.29, 1.82) is 0 Å². The van der Waals surface area contributed by atoms with Gasteiger partial charge in [0.25, 0.3) is 0 Å². The third kappa shape index (κ3) is 3.46. The van der Waals surface area contributed by atoms with Gasteiger partial charge in [0.05, 0.1) is 16.1 Å². The van der Waals surface area contributed by atoms with E-state index >= 15 is 0 Å². The lowest BCUT2D eigenvalue weighted by molar-refractivity contribution is -0.139. The van der Waals surface area contributed by atoms with Crippen LogP contribution in [-0.2, 0) is 21.1 Å². The molecule has 0 bridgehead atoms. The summed E-state index contributed by atoms with van der Waals surface area (Å²) < 4.78 is 24.1. The van der Waals surface area contributed by atoms with Gasteiger partial charge in [0.1, 0.15) is 0 Å². The van der Waals surface area contributed by atoms with Gasteiger partial charge >= 0.3 is 5.97 Å².